The number of carbonyl (C=O) groups is 1. The van der Waals surface area contributed by atoms with E-state index in [0.717, 1.165) is 13.1 Å². The number of anilines is 1. The Balaban J connectivity index is 1.91. The van der Waals surface area contributed by atoms with Gasteiger partial charge < -0.3 is 10.2 Å². The Bertz CT molecular complexity index is 422. The van der Waals surface area contributed by atoms with Crippen molar-refractivity contribution in [3.8, 4) is 0 Å². The monoisotopic (exact) mass is 216 g/mol. The lowest BCUT2D eigenvalue weighted by molar-refractivity contribution is -0.121. The number of amides is 1. The molecule has 0 radical (unpaired) electrons. The summed E-state index contributed by atoms with van der Waals surface area (Å²) in [5.41, 5.74) is 3.75. The van der Waals surface area contributed by atoms with Gasteiger partial charge in [0, 0.05) is 25.3 Å². The van der Waals surface area contributed by atoms with E-state index in [1.807, 2.05) is 0 Å². The van der Waals surface area contributed by atoms with Crippen LogP contribution in [0.4, 0.5) is 5.69 Å². The zero-order valence-corrected chi connectivity index (χ0v) is 9.33. The quantitative estimate of drug-likeness (QED) is 0.770. The van der Waals surface area contributed by atoms with Crippen LogP contribution in [0.5, 0.6) is 0 Å². The normalized spacial score (nSPS) is 19.5. The number of hydrogen-bond acceptors (Lipinski definition) is 2. The Kier molecular flexibility index (Phi) is 2.31. The summed E-state index contributed by atoms with van der Waals surface area (Å²) in [6.07, 6.45) is 3.12. The van der Waals surface area contributed by atoms with Crippen molar-refractivity contribution in [2.24, 2.45) is 0 Å². The second-order valence-corrected chi connectivity index (χ2v) is 4.60. The van der Waals surface area contributed by atoms with Crippen molar-refractivity contribution in [1.82, 2.24) is 5.32 Å². The minimum atomic E-state index is 0.145. The first-order chi connectivity index (χ1) is 7.83. The number of hydrogen-bond donors (Lipinski definition) is 1. The summed E-state index contributed by atoms with van der Waals surface area (Å²) in [5.74, 6) is 0.145. The number of nitrogens with zero attached hydrogens (tertiary/aromatic N) is 1. The van der Waals surface area contributed by atoms with Gasteiger partial charge in [-0.2, -0.15) is 0 Å². The highest BCUT2D eigenvalue weighted by atomic mass is 16.1. The van der Waals surface area contributed by atoms with Crippen LogP contribution in [0, 0.1) is 0 Å². The maximum atomic E-state index is 11.3. The largest absolute Gasteiger partial charge is 0.372 e. The van der Waals surface area contributed by atoms with E-state index in [0.29, 0.717) is 13.0 Å². The average molecular weight is 216 g/mol. The lowest BCUT2D eigenvalue weighted by Crippen LogP contribution is -2.30. The molecule has 2 aliphatic heterocycles. The number of rotatable bonds is 1. The molecule has 1 aromatic rings. The van der Waals surface area contributed by atoms with Crippen LogP contribution in [0.25, 0.3) is 0 Å². The maximum Gasteiger partial charge on any atom is 0.224 e. The smallest absolute Gasteiger partial charge is 0.224 e. The third-order valence-corrected chi connectivity index (χ3v) is 3.49. The summed E-state index contributed by atoms with van der Waals surface area (Å²) < 4.78 is 0. The highest BCUT2D eigenvalue weighted by molar-refractivity contribution is 5.81. The molecule has 84 valence electrons. The van der Waals surface area contributed by atoms with Crippen molar-refractivity contribution in [2.75, 3.05) is 18.0 Å². The molecule has 1 aromatic carbocycles. The summed E-state index contributed by atoms with van der Waals surface area (Å²) in [5, 5.41) is 2.87. The van der Waals surface area contributed by atoms with Gasteiger partial charge >= 0.3 is 0 Å². The SMILES string of the molecule is O=C1Cc2cc(N3CCCC3)ccc2CN1. The van der Waals surface area contributed by atoms with Gasteiger partial charge in [-0.3, -0.25) is 4.79 Å². The van der Waals surface area contributed by atoms with Crippen LogP contribution in [0.15, 0.2) is 18.2 Å². The molecule has 1 amide bonds. The molecule has 3 rings (SSSR count). The van der Waals surface area contributed by atoms with Gasteiger partial charge in [-0.15, -0.1) is 0 Å². The number of carbonyl (C=O) groups excluding carboxylic acids is 1. The van der Waals surface area contributed by atoms with Crippen molar-refractivity contribution in [2.45, 2.75) is 25.8 Å². The van der Waals surface area contributed by atoms with Crippen molar-refractivity contribution < 1.29 is 4.79 Å². The van der Waals surface area contributed by atoms with E-state index in [9.17, 15) is 4.79 Å². The molecule has 1 saturated heterocycles. The molecule has 0 unspecified atom stereocenters. The number of benzene rings is 1. The first-order valence-electron chi connectivity index (χ1n) is 5.96. The summed E-state index contributed by atoms with van der Waals surface area (Å²) in [6.45, 7) is 3.00. The first kappa shape index (κ1) is 9.70. The zero-order valence-electron chi connectivity index (χ0n) is 9.33. The Labute approximate surface area is 95.4 Å². The molecular formula is C13H16N2O. The fourth-order valence-corrected chi connectivity index (χ4v) is 2.55. The topological polar surface area (TPSA) is 32.3 Å². The maximum absolute atomic E-state index is 11.3. The van der Waals surface area contributed by atoms with Gasteiger partial charge in [-0.1, -0.05) is 6.07 Å². The van der Waals surface area contributed by atoms with E-state index in [1.54, 1.807) is 0 Å². The molecule has 2 aliphatic rings. The van der Waals surface area contributed by atoms with Crippen LogP contribution >= 0.6 is 0 Å². The predicted molar refractivity (Wildman–Crippen MR) is 63.4 cm³/mol. The molecule has 0 saturated carbocycles. The van der Waals surface area contributed by atoms with Gasteiger partial charge in [0.1, 0.15) is 0 Å². The molecule has 1 N–H and O–H groups in total. The molecule has 0 aromatic heterocycles. The molecule has 0 spiro atoms. The van der Waals surface area contributed by atoms with Crippen LogP contribution in [0.2, 0.25) is 0 Å². The lowest BCUT2D eigenvalue weighted by atomic mass is 10.00. The molecule has 16 heavy (non-hydrogen) atoms. The van der Waals surface area contributed by atoms with Gasteiger partial charge in [-0.05, 0) is 36.1 Å². The fraction of sp³-hybridized carbons (Fsp3) is 0.462. The highest BCUT2D eigenvalue weighted by Gasteiger charge is 2.17. The van der Waals surface area contributed by atoms with Crippen molar-refractivity contribution in [1.29, 1.82) is 0 Å². The molecule has 2 heterocycles. The van der Waals surface area contributed by atoms with Crippen LogP contribution < -0.4 is 10.2 Å². The number of nitrogens with one attached hydrogen (secondary N) is 1. The van der Waals surface area contributed by atoms with Gasteiger partial charge in [0.2, 0.25) is 5.91 Å². The van der Waals surface area contributed by atoms with Gasteiger partial charge in [0.25, 0.3) is 0 Å². The molecule has 3 nitrogen and oxygen atoms in total. The molecule has 3 heteroatoms. The lowest BCUT2D eigenvalue weighted by Gasteiger charge is -2.22. The van der Waals surface area contributed by atoms with Crippen molar-refractivity contribution >= 4 is 11.6 Å². The second-order valence-electron chi connectivity index (χ2n) is 4.60. The highest BCUT2D eigenvalue weighted by Crippen LogP contribution is 2.25. The van der Waals surface area contributed by atoms with Crippen LogP contribution in [-0.4, -0.2) is 19.0 Å². The summed E-state index contributed by atoms with van der Waals surface area (Å²) in [4.78, 5) is 13.7. The Morgan fingerprint density at radius 2 is 1.94 bits per heavy atom. The minimum absolute atomic E-state index is 0.145. The van der Waals surface area contributed by atoms with Crippen molar-refractivity contribution in [3.63, 3.8) is 0 Å². The zero-order chi connectivity index (χ0) is 11.0. The summed E-state index contributed by atoms with van der Waals surface area (Å²) in [6, 6.07) is 6.53. The molecule has 0 bridgehead atoms. The predicted octanol–water partition coefficient (Wildman–Crippen LogP) is 1.46. The standard InChI is InChI=1S/C13H16N2O/c16-13-8-11-7-12(15-5-1-2-6-15)4-3-10(11)9-14-13/h3-4,7H,1-2,5-6,8-9H2,(H,14,16). The number of fused-ring (bicyclic) bond motifs is 1. The van der Waals surface area contributed by atoms with E-state index < -0.39 is 0 Å². The van der Waals surface area contributed by atoms with E-state index >= 15 is 0 Å². The van der Waals surface area contributed by atoms with E-state index in [4.69, 9.17) is 0 Å². The molecule has 1 fully saturated rings. The van der Waals surface area contributed by atoms with Crippen LogP contribution in [0.1, 0.15) is 24.0 Å². The molecule has 0 aliphatic carbocycles. The minimum Gasteiger partial charge on any atom is -0.372 e. The Hall–Kier alpha value is -1.51. The van der Waals surface area contributed by atoms with E-state index in [-0.39, 0.29) is 5.91 Å². The van der Waals surface area contributed by atoms with E-state index in [1.165, 1.54) is 29.7 Å². The van der Waals surface area contributed by atoms with Crippen LogP contribution in [0.3, 0.4) is 0 Å². The average Bonchev–Trinajstić information content (AvgIpc) is 2.81. The molecule has 0 atom stereocenters. The van der Waals surface area contributed by atoms with Gasteiger partial charge in [-0.25, -0.2) is 0 Å². The van der Waals surface area contributed by atoms with Gasteiger partial charge in [0.15, 0.2) is 0 Å². The Morgan fingerprint density at radius 3 is 2.75 bits per heavy atom. The van der Waals surface area contributed by atoms with Crippen molar-refractivity contribution in [3.05, 3.63) is 29.3 Å². The summed E-state index contributed by atoms with van der Waals surface area (Å²) in [7, 11) is 0. The third-order valence-electron chi connectivity index (χ3n) is 3.49. The fourth-order valence-electron chi connectivity index (χ4n) is 2.55. The Morgan fingerprint density at radius 1 is 1.12 bits per heavy atom. The summed E-state index contributed by atoms with van der Waals surface area (Å²) >= 11 is 0. The second kappa shape index (κ2) is 3.81. The van der Waals surface area contributed by atoms with Gasteiger partial charge in [0.05, 0.1) is 6.42 Å². The van der Waals surface area contributed by atoms with Crippen LogP contribution in [-0.2, 0) is 17.8 Å². The molecular weight excluding hydrogens is 200 g/mol. The third kappa shape index (κ3) is 1.66. The van der Waals surface area contributed by atoms with E-state index in [2.05, 4.69) is 28.4 Å². The first-order valence-corrected chi connectivity index (χ1v) is 5.96.